The topological polar surface area (TPSA) is 59.2 Å². The molecule has 5 nitrogen and oxygen atoms in total. The Hall–Kier alpha value is -2.95. The van der Waals surface area contributed by atoms with E-state index in [0.717, 1.165) is 17.7 Å². The summed E-state index contributed by atoms with van der Waals surface area (Å²) in [5.74, 6) is 1.11. The third kappa shape index (κ3) is 3.95. The Kier molecular flexibility index (Phi) is 4.99. The number of anilines is 1. The molecule has 1 saturated heterocycles. The van der Waals surface area contributed by atoms with Gasteiger partial charge in [0.25, 0.3) is 0 Å². The Morgan fingerprint density at radius 3 is 2.38 bits per heavy atom. The zero-order valence-corrected chi connectivity index (χ0v) is 17.5. The Bertz CT molecular complexity index is 998. The van der Waals surface area contributed by atoms with Gasteiger partial charge in [0.1, 0.15) is 0 Å². The smallest absolute Gasteiger partial charge is 0.232 e. The predicted molar refractivity (Wildman–Crippen MR) is 114 cm³/mol. The van der Waals surface area contributed by atoms with Crippen LogP contribution in [0.5, 0.6) is 0 Å². The van der Waals surface area contributed by atoms with Gasteiger partial charge in [-0.25, -0.2) is 0 Å². The Labute approximate surface area is 171 Å². The van der Waals surface area contributed by atoms with E-state index in [4.69, 9.17) is 4.52 Å². The Morgan fingerprint density at radius 1 is 1.07 bits per heavy atom. The highest BCUT2D eigenvalue weighted by Crippen LogP contribution is 2.32. The standard InChI is InChI=1S/C24H27N3O2/c1-5-16-6-12-20(13-7-16)27-15-18(14-21(27)28)23-25-22(26-29-23)17-8-10-19(11-9-17)24(2,3)4/h6-13,18H,5,14-15H2,1-4H3. The highest BCUT2D eigenvalue weighted by atomic mass is 16.5. The van der Waals surface area contributed by atoms with Crippen LogP contribution >= 0.6 is 0 Å². The second-order valence-corrected chi connectivity index (χ2v) is 8.71. The zero-order chi connectivity index (χ0) is 20.6. The fraction of sp³-hybridized carbons (Fsp3) is 0.375. The minimum absolute atomic E-state index is 0.0801. The van der Waals surface area contributed by atoms with E-state index in [-0.39, 0.29) is 17.2 Å². The number of benzene rings is 2. The normalized spacial score (nSPS) is 17.2. The molecule has 5 heteroatoms. The van der Waals surface area contributed by atoms with Crippen LogP contribution in [0.3, 0.4) is 0 Å². The van der Waals surface area contributed by atoms with Gasteiger partial charge in [0, 0.05) is 24.2 Å². The first-order valence-corrected chi connectivity index (χ1v) is 10.2. The third-order valence-electron chi connectivity index (χ3n) is 5.58. The molecule has 1 amide bonds. The maximum absolute atomic E-state index is 12.6. The largest absolute Gasteiger partial charge is 0.339 e. The Balaban J connectivity index is 1.50. The van der Waals surface area contributed by atoms with Gasteiger partial charge in [0.05, 0.1) is 5.92 Å². The van der Waals surface area contributed by atoms with E-state index in [2.05, 4.69) is 62.1 Å². The first-order valence-electron chi connectivity index (χ1n) is 10.2. The lowest BCUT2D eigenvalue weighted by Gasteiger charge is -2.18. The average molecular weight is 389 g/mol. The highest BCUT2D eigenvalue weighted by Gasteiger charge is 2.35. The number of hydrogen-bond acceptors (Lipinski definition) is 4. The fourth-order valence-corrected chi connectivity index (χ4v) is 3.67. The van der Waals surface area contributed by atoms with Crippen LogP contribution in [0.25, 0.3) is 11.4 Å². The molecule has 1 unspecified atom stereocenters. The van der Waals surface area contributed by atoms with Crippen molar-refractivity contribution in [2.75, 3.05) is 11.4 Å². The summed E-state index contributed by atoms with van der Waals surface area (Å²) in [5, 5.41) is 4.15. The summed E-state index contributed by atoms with van der Waals surface area (Å²) >= 11 is 0. The summed E-state index contributed by atoms with van der Waals surface area (Å²) in [4.78, 5) is 19.0. The number of carbonyl (C=O) groups is 1. The monoisotopic (exact) mass is 389 g/mol. The van der Waals surface area contributed by atoms with Crippen LogP contribution in [0, 0.1) is 0 Å². The summed E-state index contributed by atoms with van der Waals surface area (Å²) in [6.45, 7) is 9.25. The van der Waals surface area contributed by atoms with Crippen molar-refractivity contribution in [1.29, 1.82) is 0 Å². The van der Waals surface area contributed by atoms with Crippen molar-refractivity contribution in [3.63, 3.8) is 0 Å². The lowest BCUT2D eigenvalue weighted by Crippen LogP contribution is -2.24. The van der Waals surface area contributed by atoms with Crippen LogP contribution < -0.4 is 4.90 Å². The first kappa shape index (κ1) is 19.4. The minimum atomic E-state index is -0.0801. The molecule has 3 aromatic rings. The predicted octanol–water partition coefficient (Wildman–Crippen LogP) is 5.12. The van der Waals surface area contributed by atoms with Gasteiger partial charge in [0.15, 0.2) is 0 Å². The molecule has 1 aliphatic heterocycles. The molecule has 2 aromatic carbocycles. The lowest BCUT2D eigenvalue weighted by atomic mass is 9.87. The number of hydrogen-bond donors (Lipinski definition) is 0. The summed E-state index contributed by atoms with van der Waals surface area (Å²) in [6, 6.07) is 16.4. The lowest BCUT2D eigenvalue weighted by molar-refractivity contribution is -0.117. The first-order chi connectivity index (χ1) is 13.8. The van der Waals surface area contributed by atoms with Crippen LogP contribution in [0.4, 0.5) is 5.69 Å². The second-order valence-electron chi connectivity index (χ2n) is 8.71. The average Bonchev–Trinajstić information content (AvgIpc) is 3.34. The van der Waals surface area contributed by atoms with E-state index >= 15 is 0 Å². The molecule has 1 atom stereocenters. The molecule has 0 aliphatic carbocycles. The molecule has 0 radical (unpaired) electrons. The number of aromatic nitrogens is 2. The van der Waals surface area contributed by atoms with E-state index in [9.17, 15) is 4.79 Å². The van der Waals surface area contributed by atoms with Crippen molar-refractivity contribution in [3.8, 4) is 11.4 Å². The number of carbonyl (C=O) groups excluding carboxylic acids is 1. The number of aryl methyl sites for hydroxylation is 1. The van der Waals surface area contributed by atoms with E-state index < -0.39 is 0 Å². The molecular formula is C24H27N3O2. The van der Waals surface area contributed by atoms with Gasteiger partial charge in [-0.3, -0.25) is 4.79 Å². The van der Waals surface area contributed by atoms with Crippen LogP contribution in [-0.4, -0.2) is 22.6 Å². The molecule has 0 spiro atoms. The van der Waals surface area contributed by atoms with Crippen molar-refractivity contribution in [1.82, 2.24) is 10.1 Å². The van der Waals surface area contributed by atoms with Crippen molar-refractivity contribution in [3.05, 3.63) is 65.5 Å². The van der Waals surface area contributed by atoms with Gasteiger partial charge in [-0.1, -0.05) is 69.2 Å². The van der Waals surface area contributed by atoms with Crippen molar-refractivity contribution in [2.24, 2.45) is 0 Å². The number of nitrogens with zero attached hydrogens (tertiary/aromatic N) is 3. The van der Waals surface area contributed by atoms with Crippen LogP contribution in [0.1, 0.15) is 57.1 Å². The van der Waals surface area contributed by atoms with Gasteiger partial charge in [0.2, 0.25) is 17.6 Å². The summed E-state index contributed by atoms with van der Waals surface area (Å²) < 4.78 is 5.53. The highest BCUT2D eigenvalue weighted by molar-refractivity contribution is 5.96. The Morgan fingerprint density at radius 2 is 1.76 bits per heavy atom. The van der Waals surface area contributed by atoms with Crippen molar-refractivity contribution >= 4 is 11.6 Å². The molecule has 1 aromatic heterocycles. The summed E-state index contributed by atoms with van der Waals surface area (Å²) in [5.41, 5.74) is 4.47. The summed E-state index contributed by atoms with van der Waals surface area (Å²) in [6.07, 6.45) is 1.37. The van der Waals surface area contributed by atoms with Crippen molar-refractivity contribution < 1.29 is 9.32 Å². The molecular weight excluding hydrogens is 362 g/mol. The molecule has 0 bridgehead atoms. The molecule has 0 N–H and O–H groups in total. The molecule has 150 valence electrons. The quantitative estimate of drug-likeness (QED) is 0.622. The van der Waals surface area contributed by atoms with E-state index in [0.29, 0.717) is 24.7 Å². The number of rotatable bonds is 4. The number of amides is 1. The van der Waals surface area contributed by atoms with E-state index in [1.165, 1.54) is 11.1 Å². The fourth-order valence-electron chi connectivity index (χ4n) is 3.67. The molecule has 1 aliphatic rings. The van der Waals surface area contributed by atoms with Crippen LogP contribution in [-0.2, 0) is 16.6 Å². The molecule has 0 saturated carbocycles. The van der Waals surface area contributed by atoms with E-state index in [1.54, 1.807) is 0 Å². The maximum Gasteiger partial charge on any atom is 0.232 e. The third-order valence-corrected chi connectivity index (χ3v) is 5.58. The van der Waals surface area contributed by atoms with E-state index in [1.807, 2.05) is 29.2 Å². The van der Waals surface area contributed by atoms with Gasteiger partial charge in [-0.15, -0.1) is 0 Å². The zero-order valence-electron chi connectivity index (χ0n) is 17.5. The van der Waals surface area contributed by atoms with Gasteiger partial charge in [-0.05, 0) is 35.1 Å². The van der Waals surface area contributed by atoms with Gasteiger partial charge >= 0.3 is 0 Å². The van der Waals surface area contributed by atoms with Gasteiger partial charge in [-0.2, -0.15) is 4.98 Å². The molecule has 2 heterocycles. The van der Waals surface area contributed by atoms with Crippen molar-refractivity contribution in [2.45, 2.75) is 51.9 Å². The van der Waals surface area contributed by atoms with Crippen LogP contribution in [0.15, 0.2) is 53.1 Å². The van der Waals surface area contributed by atoms with Gasteiger partial charge < -0.3 is 9.42 Å². The minimum Gasteiger partial charge on any atom is -0.339 e. The second kappa shape index (κ2) is 7.47. The summed E-state index contributed by atoms with van der Waals surface area (Å²) in [7, 11) is 0. The molecule has 4 rings (SSSR count). The SMILES string of the molecule is CCc1ccc(N2CC(c3nc(-c4ccc(C(C)(C)C)cc4)no3)CC2=O)cc1. The maximum atomic E-state index is 12.6. The molecule has 29 heavy (non-hydrogen) atoms. The molecule has 1 fully saturated rings. The van der Waals surface area contributed by atoms with Crippen LogP contribution in [0.2, 0.25) is 0 Å².